The molecule has 1 fully saturated rings. The number of rotatable bonds is 17. The maximum Gasteiger partial charge on any atom is 0.330 e. The summed E-state index contributed by atoms with van der Waals surface area (Å²) in [5.41, 5.74) is 0.781. The van der Waals surface area contributed by atoms with E-state index in [1.807, 2.05) is 30.3 Å². The van der Waals surface area contributed by atoms with Crippen molar-refractivity contribution in [1.82, 2.24) is 14.0 Å². The standard InChI is InChI=1S/C31H47N3O4/c1-3-5-7-9-11-16-20-32-24-26(29(36)33(31(32)38)21-17-12-10-8-6-4-2)27-22-28(35)30(37)34(27)23-25-18-14-13-15-19-25/h13-15,18-19,24,27-28,35H,3-12,16-17,20-23H2,1-2H3/t27-,28-/m0/s1. The Morgan fingerprint density at radius 2 is 1.37 bits per heavy atom. The van der Waals surface area contributed by atoms with Crippen LogP contribution < -0.4 is 11.2 Å². The Balaban J connectivity index is 1.86. The normalized spacial score (nSPS) is 17.4. The van der Waals surface area contributed by atoms with Crippen LogP contribution >= 0.6 is 0 Å². The number of aliphatic hydroxyl groups excluding tert-OH is 1. The lowest BCUT2D eigenvalue weighted by Gasteiger charge is -2.25. The Kier molecular flexibility index (Phi) is 12.3. The molecule has 2 atom stereocenters. The SMILES string of the molecule is CCCCCCCCn1cc([C@@H]2C[C@H](O)C(=O)N2Cc2ccccc2)c(=O)n(CCCCCCCC)c1=O. The molecule has 0 radical (unpaired) electrons. The molecular weight excluding hydrogens is 478 g/mol. The first-order valence-corrected chi connectivity index (χ1v) is 14.8. The molecule has 1 saturated heterocycles. The minimum atomic E-state index is -1.14. The molecule has 2 heterocycles. The van der Waals surface area contributed by atoms with Gasteiger partial charge in [0.25, 0.3) is 11.5 Å². The van der Waals surface area contributed by atoms with Gasteiger partial charge >= 0.3 is 5.69 Å². The molecule has 1 amide bonds. The van der Waals surface area contributed by atoms with E-state index in [1.165, 1.54) is 43.1 Å². The molecule has 1 aliphatic heterocycles. The predicted molar refractivity (Wildman–Crippen MR) is 152 cm³/mol. The molecule has 0 saturated carbocycles. The maximum absolute atomic E-state index is 13.7. The summed E-state index contributed by atoms with van der Waals surface area (Å²) in [6.07, 6.45) is 13.8. The minimum Gasteiger partial charge on any atom is -0.383 e. The highest BCUT2D eigenvalue weighted by Gasteiger charge is 2.41. The monoisotopic (exact) mass is 525 g/mol. The molecule has 0 spiro atoms. The Morgan fingerprint density at radius 3 is 2.00 bits per heavy atom. The van der Waals surface area contributed by atoms with E-state index >= 15 is 0 Å². The van der Waals surface area contributed by atoms with E-state index in [1.54, 1.807) is 15.7 Å². The molecule has 1 aliphatic rings. The molecule has 38 heavy (non-hydrogen) atoms. The number of nitrogens with zero attached hydrogens (tertiary/aromatic N) is 3. The van der Waals surface area contributed by atoms with Crippen LogP contribution in [0, 0.1) is 0 Å². The zero-order valence-electron chi connectivity index (χ0n) is 23.4. The van der Waals surface area contributed by atoms with Gasteiger partial charge in [-0.2, -0.15) is 0 Å². The number of benzene rings is 1. The van der Waals surface area contributed by atoms with Gasteiger partial charge in [-0.05, 0) is 18.4 Å². The van der Waals surface area contributed by atoms with Crippen molar-refractivity contribution in [2.24, 2.45) is 0 Å². The summed E-state index contributed by atoms with van der Waals surface area (Å²) in [6, 6.07) is 9.06. The third-order valence-electron chi connectivity index (χ3n) is 7.70. The molecule has 2 aromatic rings. The van der Waals surface area contributed by atoms with Crippen molar-refractivity contribution < 1.29 is 9.90 Å². The van der Waals surface area contributed by atoms with Crippen molar-refractivity contribution >= 4 is 5.91 Å². The third-order valence-corrected chi connectivity index (χ3v) is 7.70. The van der Waals surface area contributed by atoms with Crippen LogP contribution in [0.1, 0.15) is 114 Å². The number of amides is 1. The highest BCUT2D eigenvalue weighted by Crippen LogP contribution is 2.32. The van der Waals surface area contributed by atoms with Gasteiger partial charge in [0.1, 0.15) is 6.10 Å². The molecule has 7 nitrogen and oxygen atoms in total. The van der Waals surface area contributed by atoms with E-state index in [2.05, 4.69) is 13.8 Å². The highest BCUT2D eigenvalue weighted by molar-refractivity contribution is 5.83. The fraction of sp³-hybridized carbons (Fsp3) is 0.645. The van der Waals surface area contributed by atoms with Crippen molar-refractivity contribution in [3.8, 4) is 0 Å². The van der Waals surface area contributed by atoms with Crippen LogP contribution in [0.3, 0.4) is 0 Å². The first kappa shape index (κ1) is 29.9. The van der Waals surface area contributed by atoms with Gasteiger partial charge in [0.2, 0.25) is 0 Å². The van der Waals surface area contributed by atoms with Gasteiger partial charge in [0.15, 0.2) is 0 Å². The number of aliphatic hydroxyl groups is 1. The van der Waals surface area contributed by atoms with E-state index in [0.29, 0.717) is 25.2 Å². The van der Waals surface area contributed by atoms with Gasteiger partial charge in [-0.15, -0.1) is 0 Å². The van der Waals surface area contributed by atoms with Crippen LogP contribution in [0.4, 0.5) is 0 Å². The molecule has 1 aromatic carbocycles. The fourth-order valence-corrected chi connectivity index (χ4v) is 5.42. The Labute approximate surface area is 227 Å². The molecule has 0 unspecified atom stereocenters. The number of hydrogen-bond acceptors (Lipinski definition) is 4. The molecule has 1 N–H and O–H groups in total. The predicted octanol–water partition coefficient (Wildman–Crippen LogP) is 5.57. The number of carbonyl (C=O) groups is 1. The number of hydrogen-bond donors (Lipinski definition) is 1. The van der Waals surface area contributed by atoms with Gasteiger partial charge in [-0.25, -0.2) is 4.79 Å². The number of likely N-dealkylation sites (tertiary alicyclic amines) is 1. The van der Waals surface area contributed by atoms with Crippen LogP contribution in [0.2, 0.25) is 0 Å². The highest BCUT2D eigenvalue weighted by atomic mass is 16.3. The quantitative estimate of drug-likeness (QED) is 0.274. The van der Waals surface area contributed by atoms with Gasteiger partial charge in [-0.1, -0.05) is 108 Å². The van der Waals surface area contributed by atoms with Crippen molar-refractivity contribution in [2.45, 2.75) is 129 Å². The molecule has 0 aliphatic carbocycles. The summed E-state index contributed by atoms with van der Waals surface area (Å²) in [5, 5.41) is 10.5. The molecular formula is C31H47N3O4. The lowest BCUT2D eigenvalue weighted by molar-refractivity contribution is -0.136. The first-order chi connectivity index (χ1) is 18.5. The van der Waals surface area contributed by atoms with Crippen molar-refractivity contribution in [1.29, 1.82) is 0 Å². The van der Waals surface area contributed by atoms with Gasteiger partial charge < -0.3 is 14.6 Å². The zero-order valence-corrected chi connectivity index (χ0v) is 23.4. The molecule has 3 rings (SSSR count). The number of unbranched alkanes of at least 4 members (excludes halogenated alkanes) is 10. The Morgan fingerprint density at radius 1 is 0.789 bits per heavy atom. The minimum absolute atomic E-state index is 0.160. The van der Waals surface area contributed by atoms with Crippen LogP contribution in [-0.4, -0.2) is 31.2 Å². The van der Waals surface area contributed by atoms with Crippen LogP contribution in [0.25, 0.3) is 0 Å². The smallest absolute Gasteiger partial charge is 0.330 e. The lowest BCUT2D eigenvalue weighted by Crippen LogP contribution is -2.43. The van der Waals surface area contributed by atoms with E-state index < -0.39 is 12.1 Å². The summed E-state index contributed by atoms with van der Waals surface area (Å²) < 4.78 is 3.05. The summed E-state index contributed by atoms with van der Waals surface area (Å²) in [5.74, 6) is -0.366. The van der Waals surface area contributed by atoms with Gasteiger partial charge in [0, 0.05) is 32.3 Å². The van der Waals surface area contributed by atoms with Crippen molar-refractivity contribution in [3.05, 3.63) is 68.5 Å². The van der Waals surface area contributed by atoms with Crippen LogP contribution in [0.15, 0.2) is 46.1 Å². The molecule has 0 bridgehead atoms. The fourth-order valence-electron chi connectivity index (χ4n) is 5.42. The van der Waals surface area contributed by atoms with Crippen LogP contribution in [0.5, 0.6) is 0 Å². The molecule has 7 heteroatoms. The Hall–Kier alpha value is -2.67. The molecule has 210 valence electrons. The number of carbonyl (C=O) groups excluding carboxylic acids is 1. The average molecular weight is 526 g/mol. The van der Waals surface area contributed by atoms with E-state index in [0.717, 1.165) is 44.1 Å². The summed E-state index contributed by atoms with van der Waals surface area (Å²) in [7, 11) is 0. The summed E-state index contributed by atoms with van der Waals surface area (Å²) in [6.45, 7) is 5.63. The second-order valence-corrected chi connectivity index (χ2v) is 10.8. The van der Waals surface area contributed by atoms with E-state index in [4.69, 9.17) is 0 Å². The summed E-state index contributed by atoms with van der Waals surface area (Å²) >= 11 is 0. The number of aromatic nitrogens is 2. The second kappa shape index (κ2) is 15.7. The lowest BCUT2D eigenvalue weighted by atomic mass is 10.1. The van der Waals surface area contributed by atoms with E-state index in [9.17, 15) is 19.5 Å². The first-order valence-electron chi connectivity index (χ1n) is 14.8. The van der Waals surface area contributed by atoms with Gasteiger partial charge in [-0.3, -0.25) is 14.2 Å². The second-order valence-electron chi connectivity index (χ2n) is 10.8. The summed E-state index contributed by atoms with van der Waals surface area (Å²) in [4.78, 5) is 41.6. The maximum atomic E-state index is 13.7. The average Bonchev–Trinajstić information content (AvgIpc) is 3.19. The van der Waals surface area contributed by atoms with Crippen LogP contribution in [-0.2, 0) is 24.4 Å². The van der Waals surface area contributed by atoms with Crippen molar-refractivity contribution in [3.63, 3.8) is 0 Å². The van der Waals surface area contributed by atoms with Gasteiger partial charge in [0.05, 0.1) is 11.6 Å². The Bertz CT molecular complexity index is 1110. The number of aryl methyl sites for hydroxylation is 1. The molecule has 1 aromatic heterocycles. The largest absolute Gasteiger partial charge is 0.383 e. The third kappa shape index (κ3) is 8.16. The zero-order chi connectivity index (χ0) is 27.3. The van der Waals surface area contributed by atoms with E-state index in [-0.39, 0.29) is 23.6 Å². The van der Waals surface area contributed by atoms with Crippen molar-refractivity contribution in [2.75, 3.05) is 0 Å². The topological polar surface area (TPSA) is 84.5 Å².